The molecule has 188 valence electrons. The highest BCUT2D eigenvalue weighted by Gasteiger charge is 2.30. The van der Waals surface area contributed by atoms with Crippen molar-refractivity contribution < 1.29 is 24.6 Å². The first-order valence-electron chi connectivity index (χ1n) is 12.0. The fourth-order valence-corrected chi connectivity index (χ4v) is 4.42. The Morgan fingerprint density at radius 2 is 1.39 bits per heavy atom. The highest BCUT2D eigenvalue weighted by atomic mass is 16.4. The first-order valence-corrected chi connectivity index (χ1v) is 12.0. The van der Waals surface area contributed by atoms with Crippen molar-refractivity contribution in [3.8, 4) is 0 Å². The molecule has 1 aliphatic heterocycles. The molecule has 0 aliphatic carbocycles. The number of carboxylic acids is 2. The van der Waals surface area contributed by atoms with Crippen molar-refractivity contribution in [1.29, 1.82) is 0 Å². The molecule has 0 fully saturated rings. The van der Waals surface area contributed by atoms with Crippen molar-refractivity contribution in [2.75, 3.05) is 13.1 Å². The normalized spacial score (nSPS) is 14.6. The maximum atomic E-state index is 12.9. The lowest BCUT2D eigenvalue weighted by Crippen LogP contribution is -2.43. The number of hydrogen-bond acceptors (Lipinski definition) is 4. The summed E-state index contributed by atoms with van der Waals surface area (Å²) in [6, 6.07) is 29.9. The van der Waals surface area contributed by atoms with Crippen LogP contribution >= 0.6 is 0 Å². The lowest BCUT2D eigenvalue weighted by atomic mass is 9.91. The minimum Gasteiger partial charge on any atom is -0.473 e. The van der Waals surface area contributed by atoms with E-state index in [1.165, 1.54) is 22.3 Å². The third kappa shape index (κ3) is 7.52. The van der Waals surface area contributed by atoms with Crippen LogP contribution in [0.5, 0.6) is 0 Å². The predicted octanol–water partition coefficient (Wildman–Crippen LogP) is 4.38. The van der Waals surface area contributed by atoms with Gasteiger partial charge in [-0.25, -0.2) is 9.59 Å². The Balaban J connectivity index is 0.000000538. The van der Waals surface area contributed by atoms with Crippen LogP contribution in [0.2, 0.25) is 0 Å². The highest BCUT2D eigenvalue weighted by Crippen LogP contribution is 2.32. The van der Waals surface area contributed by atoms with Crippen LogP contribution in [0.3, 0.4) is 0 Å². The van der Waals surface area contributed by atoms with E-state index in [4.69, 9.17) is 19.8 Å². The van der Waals surface area contributed by atoms with Gasteiger partial charge in [-0.3, -0.25) is 9.69 Å². The van der Waals surface area contributed by atoms with Crippen LogP contribution < -0.4 is 0 Å². The minimum absolute atomic E-state index is 0.203. The molecule has 1 heterocycles. The van der Waals surface area contributed by atoms with Gasteiger partial charge in [-0.1, -0.05) is 91.9 Å². The van der Waals surface area contributed by atoms with Crippen LogP contribution in [-0.2, 0) is 33.9 Å². The Kier molecular flexibility index (Phi) is 9.77. The lowest BCUT2D eigenvalue weighted by molar-refractivity contribution is -0.159. The molecule has 1 amide bonds. The van der Waals surface area contributed by atoms with Crippen molar-refractivity contribution in [3.05, 3.63) is 107 Å². The van der Waals surface area contributed by atoms with Gasteiger partial charge in [-0.05, 0) is 28.7 Å². The first kappa shape index (κ1) is 26.6. The molecular formula is C29H32N2O5. The molecule has 2 N–H and O–H groups in total. The molecule has 0 bridgehead atoms. The Morgan fingerprint density at radius 3 is 1.97 bits per heavy atom. The Labute approximate surface area is 211 Å². The summed E-state index contributed by atoms with van der Waals surface area (Å²) in [7, 11) is 0. The van der Waals surface area contributed by atoms with Gasteiger partial charge in [0.2, 0.25) is 5.91 Å². The fraction of sp³-hybridized carbons (Fsp3) is 0.276. The largest absolute Gasteiger partial charge is 0.473 e. The molecule has 3 aromatic rings. The van der Waals surface area contributed by atoms with Gasteiger partial charge in [0.25, 0.3) is 0 Å². The van der Waals surface area contributed by atoms with E-state index in [0.717, 1.165) is 19.5 Å². The van der Waals surface area contributed by atoms with Crippen LogP contribution in [0.25, 0.3) is 0 Å². The molecule has 7 heteroatoms. The second kappa shape index (κ2) is 13.2. The van der Waals surface area contributed by atoms with Gasteiger partial charge in [-0.15, -0.1) is 0 Å². The van der Waals surface area contributed by atoms with Crippen LogP contribution in [0.4, 0.5) is 0 Å². The average molecular weight is 489 g/mol. The second-order valence-electron chi connectivity index (χ2n) is 8.64. The van der Waals surface area contributed by atoms with Crippen LogP contribution in [0.1, 0.15) is 41.6 Å². The zero-order chi connectivity index (χ0) is 25.9. The van der Waals surface area contributed by atoms with Crippen molar-refractivity contribution in [3.63, 3.8) is 0 Å². The van der Waals surface area contributed by atoms with Crippen LogP contribution in [0, 0.1) is 0 Å². The highest BCUT2D eigenvalue weighted by molar-refractivity contribution is 6.27. The summed E-state index contributed by atoms with van der Waals surface area (Å²) in [6.07, 6.45) is 1.58. The number of carbonyl (C=O) groups is 3. The van der Waals surface area contributed by atoms with E-state index in [-0.39, 0.29) is 11.9 Å². The van der Waals surface area contributed by atoms with Gasteiger partial charge in [0, 0.05) is 32.6 Å². The summed E-state index contributed by atoms with van der Waals surface area (Å²) < 4.78 is 0. The van der Waals surface area contributed by atoms with E-state index < -0.39 is 11.9 Å². The van der Waals surface area contributed by atoms with E-state index in [0.29, 0.717) is 19.5 Å². The van der Waals surface area contributed by atoms with E-state index in [1.54, 1.807) is 0 Å². The van der Waals surface area contributed by atoms with Crippen molar-refractivity contribution in [2.45, 2.75) is 38.9 Å². The molecular weight excluding hydrogens is 456 g/mol. The molecule has 3 aromatic carbocycles. The quantitative estimate of drug-likeness (QED) is 0.479. The summed E-state index contributed by atoms with van der Waals surface area (Å²) in [4.78, 5) is 35.7. The van der Waals surface area contributed by atoms with Gasteiger partial charge in [0.05, 0.1) is 6.04 Å². The van der Waals surface area contributed by atoms with E-state index in [2.05, 4.69) is 71.6 Å². The van der Waals surface area contributed by atoms with Gasteiger partial charge in [-0.2, -0.15) is 0 Å². The molecule has 0 radical (unpaired) electrons. The maximum Gasteiger partial charge on any atom is 0.414 e. The molecule has 0 aromatic heterocycles. The van der Waals surface area contributed by atoms with Crippen molar-refractivity contribution in [2.24, 2.45) is 0 Å². The molecule has 0 saturated heterocycles. The van der Waals surface area contributed by atoms with Gasteiger partial charge < -0.3 is 15.1 Å². The average Bonchev–Trinajstić information content (AvgIpc) is 2.90. The van der Waals surface area contributed by atoms with Crippen molar-refractivity contribution in [1.82, 2.24) is 9.80 Å². The topological polar surface area (TPSA) is 98.2 Å². The lowest BCUT2D eigenvalue weighted by Gasteiger charge is -2.40. The Hall–Kier alpha value is -3.97. The molecule has 0 saturated carbocycles. The maximum absolute atomic E-state index is 12.9. The van der Waals surface area contributed by atoms with Gasteiger partial charge in [0.1, 0.15) is 0 Å². The summed E-state index contributed by atoms with van der Waals surface area (Å²) in [6.45, 7) is 5.24. The summed E-state index contributed by atoms with van der Waals surface area (Å²) in [5.41, 5.74) is 5.27. The number of nitrogens with zero attached hydrogens (tertiary/aromatic N) is 2. The summed E-state index contributed by atoms with van der Waals surface area (Å²) >= 11 is 0. The first-order chi connectivity index (χ1) is 17.4. The third-order valence-electron chi connectivity index (χ3n) is 6.20. The monoisotopic (exact) mass is 488 g/mol. The molecule has 4 rings (SSSR count). The fourth-order valence-electron chi connectivity index (χ4n) is 4.42. The zero-order valence-electron chi connectivity index (χ0n) is 20.4. The molecule has 36 heavy (non-hydrogen) atoms. The predicted molar refractivity (Wildman–Crippen MR) is 137 cm³/mol. The van der Waals surface area contributed by atoms with Gasteiger partial charge in [0.15, 0.2) is 0 Å². The van der Waals surface area contributed by atoms with Crippen LogP contribution in [-0.4, -0.2) is 50.9 Å². The molecule has 1 atom stereocenters. The number of rotatable bonds is 7. The third-order valence-corrected chi connectivity index (χ3v) is 6.20. The number of amides is 1. The van der Waals surface area contributed by atoms with E-state index in [1.807, 2.05) is 30.0 Å². The number of carboxylic acid groups (broad SMARTS) is 2. The molecule has 1 unspecified atom stereocenters. The number of aliphatic carboxylic acids is 2. The molecule has 7 nitrogen and oxygen atoms in total. The standard InChI is InChI=1S/C27H30N2O.C2H2O4/c1-2-27(30)29(20-23-13-7-4-8-14-23)21-26-25-16-10-9-15-24(25)17-18-28(26)19-22-11-5-3-6-12-22;3-1(4)2(5)6/h3-16,26H,2,17-21H2,1H3;(H,3,4)(H,5,6). The minimum atomic E-state index is -1.82. The number of hydrogen-bond donors (Lipinski definition) is 2. The molecule has 0 spiro atoms. The molecule has 1 aliphatic rings. The number of benzene rings is 3. The number of carbonyl (C=O) groups excluding carboxylic acids is 1. The Morgan fingerprint density at radius 1 is 0.833 bits per heavy atom. The second-order valence-corrected chi connectivity index (χ2v) is 8.64. The SMILES string of the molecule is CCC(=O)N(Cc1ccccc1)CC1c2ccccc2CCN1Cc1ccccc1.O=C(O)C(=O)O. The number of fused-ring (bicyclic) bond motifs is 1. The summed E-state index contributed by atoms with van der Waals surface area (Å²) in [5, 5.41) is 14.8. The zero-order valence-corrected chi connectivity index (χ0v) is 20.4. The Bertz CT molecular complexity index is 1140. The summed E-state index contributed by atoms with van der Waals surface area (Å²) in [5.74, 6) is -3.44. The van der Waals surface area contributed by atoms with Crippen LogP contribution in [0.15, 0.2) is 84.9 Å². The van der Waals surface area contributed by atoms with Gasteiger partial charge >= 0.3 is 11.9 Å². The van der Waals surface area contributed by atoms with E-state index in [9.17, 15) is 4.79 Å². The smallest absolute Gasteiger partial charge is 0.414 e. The van der Waals surface area contributed by atoms with E-state index >= 15 is 0 Å². The van der Waals surface area contributed by atoms with Crippen molar-refractivity contribution >= 4 is 17.8 Å².